The summed E-state index contributed by atoms with van der Waals surface area (Å²) >= 11 is 0. The zero-order valence-electron chi connectivity index (χ0n) is 8.95. The Labute approximate surface area is 88.7 Å². The molecule has 0 aromatic heterocycles. The molecule has 2 aliphatic heterocycles. The zero-order valence-corrected chi connectivity index (χ0v) is 8.95. The normalized spacial score (nSPS) is 36.0. The van der Waals surface area contributed by atoms with Crippen molar-refractivity contribution in [1.82, 2.24) is 0 Å². The van der Waals surface area contributed by atoms with Crippen LogP contribution in [0.4, 0.5) is 0 Å². The standard InChI is InChI=1S/C12H14O3/c1-12(2)5-8(13)10-7-3-4-14-11(7)15-9(10)6-12/h3-4,7,11H,5-6H2,1-2H3/t7-,11+/m0/s1. The van der Waals surface area contributed by atoms with Crippen LogP contribution in [0.1, 0.15) is 26.7 Å². The third-order valence-electron chi connectivity index (χ3n) is 3.26. The lowest BCUT2D eigenvalue weighted by Crippen LogP contribution is -2.26. The summed E-state index contributed by atoms with van der Waals surface area (Å²) < 4.78 is 11.0. The maximum Gasteiger partial charge on any atom is 0.250 e. The molecule has 0 unspecified atom stereocenters. The van der Waals surface area contributed by atoms with Gasteiger partial charge in [-0.2, -0.15) is 0 Å². The van der Waals surface area contributed by atoms with Crippen LogP contribution >= 0.6 is 0 Å². The van der Waals surface area contributed by atoms with Gasteiger partial charge in [0, 0.05) is 18.4 Å². The van der Waals surface area contributed by atoms with Gasteiger partial charge in [0.1, 0.15) is 5.76 Å². The summed E-state index contributed by atoms with van der Waals surface area (Å²) in [6, 6.07) is 0. The third kappa shape index (κ3) is 1.22. The second-order valence-electron chi connectivity index (χ2n) is 5.25. The quantitative estimate of drug-likeness (QED) is 0.609. The Balaban J connectivity index is 2.00. The van der Waals surface area contributed by atoms with Crippen molar-refractivity contribution in [3.8, 4) is 0 Å². The average Bonchev–Trinajstić information content (AvgIpc) is 2.58. The number of allylic oxidation sites excluding steroid dienone is 1. The molecular weight excluding hydrogens is 192 g/mol. The summed E-state index contributed by atoms with van der Waals surface area (Å²) in [6.07, 6.45) is 4.74. The summed E-state index contributed by atoms with van der Waals surface area (Å²) in [5.74, 6) is 1.13. The first-order chi connectivity index (χ1) is 7.07. The number of hydrogen-bond donors (Lipinski definition) is 0. The Morgan fingerprint density at radius 1 is 1.40 bits per heavy atom. The van der Waals surface area contributed by atoms with Crippen molar-refractivity contribution in [1.29, 1.82) is 0 Å². The van der Waals surface area contributed by atoms with E-state index in [0.717, 1.165) is 17.8 Å². The van der Waals surface area contributed by atoms with Crippen LogP contribution in [0.3, 0.4) is 0 Å². The molecule has 2 atom stereocenters. The van der Waals surface area contributed by atoms with Crippen LogP contribution in [0.5, 0.6) is 0 Å². The van der Waals surface area contributed by atoms with Gasteiger partial charge in [0.15, 0.2) is 5.78 Å². The summed E-state index contributed by atoms with van der Waals surface area (Å²) in [5, 5.41) is 0. The SMILES string of the molecule is CC1(C)CC(=O)C2=C(C1)O[C@H]1OC=C[C@@H]21. The highest BCUT2D eigenvalue weighted by atomic mass is 16.7. The van der Waals surface area contributed by atoms with Gasteiger partial charge in [0.2, 0.25) is 6.29 Å². The lowest BCUT2D eigenvalue weighted by Gasteiger charge is -2.28. The van der Waals surface area contributed by atoms with Crippen LogP contribution in [0.2, 0.25) is 0 Å². The number of hydrogen-bond acceptors (Lipinski definition) is 3. The van der Waals surface area contributed by atoms with Gasteiger partial charge in [-0.15, -0.1) is 0 Å². The molecule has 3 nitrogen and oxygen atoms in total. The minimum Gasteiger partial charge on any atom is -0.462 e. The molecule has 0 radical (unpaired) electrons. The molecule has 0 spiro atoms. The Morgan fingerprint density at radius 2 is 2.20 bits per heavy atom. The number of ketones is 1. The number of ether oxygens (including phenoxy) is 2. The minimum absolute atomic E-state index is 0.0261. The van der Waals surface area contributed by atoms with Crippen LogP contribution in [-0.2, 0) is 14.3 Å². The van der Waals surface area contributed by atoms with E-state index in [-0.39, 0.29) is 23.4 Å². The van der Waals surface area contributed by atoms with E-state index in [1.165, 1.54) is 0 Å². The van der Waals surface area contributed by atoms with Gasteiger partial charge in [-0.05, 0) is 11.5 Å². The maximum atomic E-state index is 12.0. The lowest BCUT2D eigenvalue weighted by atomic mass is 9.75. The van der Waals surface area contributed by atoms with E-state index in [0.29, 0.717) is 6.42 Å². The van der Waals surface area contributed by atoms with Gasteiger partial charge in [0.05, 0.1) is 12.2 Å². The largest absolute Gasteiger partial charge is 0.462 e. The monoisotopic (exact) mass is 206 g/mol. The van der Waals surface area contributed by atoms with Crippen LogP contribution in [0, 0.1) is 11.3 Å². The number of carbonyl (C=O) groups excluding carboxylic acids is 1. The van der Waals surface area contributed by atoms with E-state index in [1.54, 1.807) is 6.26 Å². The molecule has 3 rings (SSSR count). The first-order valence-corrected chi connectivity index (χ1v) is 5.32. The van der Waals surface area contributed by atoms with Crippen molar-refractivity contribution in [3.63, 3.8) is 0 Å². The molecule has 0 N–H and O–H groups in total. The van der Waals surface area contributed by atoms with E-state index in [1.807, 2.05) is 6.08 Å². The Bertz CT molecular complexity index is 390. The molecule has 0 amide bonds. The van der Waals surface area contributed by atoms with Gasteiger partial charge in [0.25, 0.3) is 0 Å². The van der Waals surface area contributed by atoms with Crippen molar-refractivity contribution in [2.75, 3.05) is 0 Å². The van der Waals surface area contributed by atoms with E-state index >= 15 is 0 Å². The molecule has 0 saturated heterocycles. The predicted octanol–water partition coefficient (Wildman–Crippen LogP) is 2.15. The number of Topliss-reactive ketones (excluding diaryl/α,β-unsaturated/α-hetero) is 1. The Hall–Kier alpha value is -1.25. The zero-order chi connectivity index (χ0) is 10.6. The predicted molar refractivity (Wildman–Crippen MR) is 53.6 cm³/mol. The first-order valence-electron chi connectivity index (χ1n) is 5.32. The second kappa shape index (κ2) is 2.65. The highest BCUT2D eigenvalue weighted by molar-refractivity contribution is 5.98. The second-order valence-corrected chi connectivity index (χ2v) is 5.25. The number of rotatable bonds is 0. The topological polar surface area (TPSA) is 35.5 Å². The maximum absolute atomic E-state index is 12.0. The summed E-state index contributed by atoms with van der Waals surface area (Å²) in [6.45, 7) is 4.20. The molecule has 0 saturated carbocycles. The highest BCUT2D eigenvalue weighted by Crippen LogP contribution is 2.47. The number of fused-ring (bicyclic) bond motifs is 2. The summed E-state index contributed by atoms with van der Waals surface area (Å²) in [7, 11) is 0. The molecule has 0 aromatic rings. The fourth-order valence-electron chi connectivity index (χ4n) is 2.61. The minimum atomic E-state index is -0.271. The number of carbonyl (C=O) groups is 1. The Morgan fingerprint density at radius 3 is 3.00 bits per heavy atom. The smallest absolute Gasteiger partial charge is 0.250 e. The van der Waals surface area contributed by atoms with E-state index in [9.17, 15) is 4.79 Å². The van der Waals surface area contributed by atoms with E-state index in [2.05, 4.69) is 13.8 Å². The lowest BCUT2D eigenvalue weighted by molar-refractivity contribution is -0.118. The molecule has 15 heavy (non-hydrogen) atoms. The highest BCUT2D eigenvalue weighted by Gasteiger charge is 2.47. The van der Waals surface area contributed by atoms with Gasteiger partial charge in [-0.3, -0.25) is 4.79 Å². The van der Waals surface area contributed by atoms with Crippen molar-refractivity contribution in [2.45, 2.75) is 33.0 Å². The molecule has 0 aromatic carbocycles. The summed E-state index contributed by atoms with van der Waals surface area (Å²) in [5.41, 5.74) is 0.881. The average molecular weight is 206 g/mol. The van der Waals surface area contributed by atoms with Crippen molar-refractivity contribution >= 4 is 5.78 Å². The molecular formula is C12H14O3. The first kappa shape index (κ1) is 9.01. The van der Waals surface area contributed by atoms with Crippen LogP contribution in [-0.4, -0.2) is 12.1 Å². The summed E-state index contributed by atoms with van der Waals surface area (Å²) in [4.78, 5) is 12.0. The van der Waals surface area contributed by atoms with Gasteiger partial charge >= 0.3 is 0 Å². The molecule has 0 fully saturated rings. The Kier molecular flexibility index (Phi) is 1.59. The van der Waals surface area contributed by atoms with Crippen LogP contribution in [0.15, 0.2) is 23.7 Å². The molecule has 80 valence electrons. The van der Waals surface area contributed by atoms with Crippen molar-refractivity contribution in [2.24, 2.45) is 11.3 Å². The fraction of sp³-hybridized carbons (Fsp3) is 0.583. The van der Waals surface area contributed by atoms with Crippen LogP contribution in [0.25, 0.3) is 0 Å². The third-order valence-corrected chi connectivity index (χ3v) is 3.26. The molecule has 0 bridgehead atoms. The molecule has 3 heteroatoms. The van der Waals surface area contributed by atoms with Crippen molar-refractivity contribution in [3.05, 3.63) is 23.7 Å². The molecule has 3 aliphatic rings. The van der Waals surface area contributed by atoms with E-state index < -0.39 is 0 Å². The van der Waals surface area contributed by atoms with Crippen molar-refractivity contribution < 1.29 is 14.3 Å². The van der Waals surface area contributed by atoms with Gasteiger partial charge in [-0.25, -0.2) is 0 Å². The fourth-order valence-corrected chi connectivity index (χ4v) is 2.61. The molecule has 1 aliphatic carbocycles. The van der Waals surface area contributed by atoms with Gasteiger partial charge < -0.3 is 9.47 Å². The molecule has 2 heterocycles. The van der Waals surface area contributed by atoms with Gasteiger partial charge in [-0.1, -0.05) is 13.8 Å². The van der Waals surface area contributed by atoms with Crippen LogP contribution < -0.4 is 0 Å². The van der Waals surface area contributed by atoms with E-state index in [4.69, 9.17) is 9.47 Å².